The number of benzene rings is 2. The summed E-state index contributed by atoms with van der Waals surface area (Å²) in [5, 5.41) is 1.09. The molecular formula is C23H20Cl2N4O. The number of rotatable bonds is 4. The number of amides is 1. The minimum Gasteiger partial charge on any atom is -0.353 e. The maximum absolute atomic E-state index is 12.6. The van der Waals surface area contributed by atoms with Gasteiger partial charge < -0.3 is 9.80 Å². The summed E-state index contributed by atoms with van der Waals surface area (Å²) < 4.78 is 0. The summed E-state index contributed by atoms with van der Waals surface area (Å²) >= 11 is 12.1. The lowest BCUT2D eigenvalue weighted by Gasteiger charge is -2.35. The molecule has 7 heteroatoms. The van der Waals surface area contributed by atoms with Crippen molar-refractivity contribution in [2.75, 3.05) is 31.1 Å². The predicted molar refractivity (Wildman–Crippen MR) is 122 cm³/mol. The van der Waals surface area contributed by atoms with Gasteiger partial charge in [0.25, 0.3) is 0 Å². The molecule has 5 nitrogen and oxygen atoms in total. The fraction of sp³-hybridized carbons (Fsp3) is 0.174. The molecule has 1 aliphatic heterocycles. The van der Waals surface area contributed by atoms with Crippen LogP contribution in [0.2, 0.25) is 10.0 Å². The molecule has 0 aliphatic carbocycles. The van der Waals surface area contributed by atoms with Gasteiger partial charge >= 0.3 is 0 Å². The molecule has 30 heavy (non-hydrogen) atoms. The van der Waals surface area contributed by atoms with Gasteiger partial charge in [0.05, 0.1) is 5.69 Å². The first-order valence-corrected chi connectivity index (χ1v) is 10.4. The van der Waals surface area contributed by atoms with E-state index in [9.17, 15) is 4.79 Å². The van der Waals surface area contributed by atoms with Crippen LogP contribution in [0, 0.1) is 0 Å². The fourth-order valence-electron chi connectivity index (χ4n) is 3.35. The minimum absolute atomic E-state index is 0.0340. The van der Waals surface area contributed by atoms with E-state index in [1.807, 2.05) is 41.3 Å². The maximum atomic E-state index is 12.6. The SMILES string of the molecule is O=C(/C=C/c1ccc(Cl)cc1Cl)N1CCN(c2cc(-c3ccccc3)ncn2)CC1. The monoisotopic (exact) mass is 438 g/mol. The van der Waals surface area contributed by atoms with Crippen LogP contribution in [0.25, 0.3) is 17.3 Å². The summed E-state index contributed by atoms with van der Waals surface area (Å²) in [5.41, 5.74) is 2.71. The number of anilines is 1. The number of piperazine rings is 1. The molecule has 0 atom stereocenters. The van der Waals surface area contributed by atoms with E-state index in [-0.39, 0.29) is 5.91 Å². The van der Waals surface area contributed by atoms with Gasteiger partial charge in [-0.1, -0.05) is 59.6 Å². The van der Waals surface area contributed by atoms with Crippen LogP contribution in [0.1, 0.15) is 5.56 Å². The highest BCUT2D eigenvalue weighted by Gasteiger charge is 2.21. The Morgan fingerprint density at radius 1 is 0.933 bits per heavy atom. The third-order valence-corrected chi connectivity index (χ3v) is 5.57. The topological polar surface area (TPSA) is 49.3 Å². The molecule has 0 N–H and O–H groups in total. The van der Waals surface area contributed by atoms with E-state index in [0.717, 1.165) is 22.6 Å². The van der Waals surface area contributed by atoms with Gasteiger partial charge in [-0.15, -0.1) is 0 Å². The van der Waals surface area contributed by atoms with Gasteiger partial charge in [-0.2, -0.15) is 0 Å². The second-order valence-corrected chi connectivity index (χ2v) is 7.78. The average molecular weight is 439 g/mol. The number of halogens is 2. The van der Waals surface area contributed by atoms with Crippen molar-refractivity contribution in [3.05, 3.63) is 82.6 Å². The number of hydrogen-bond donors (Lipinski definition) is 0. The number of hydrogen-bond acceptors (Lipinski definition) is 4. The number of carbonyl (C=O) groups is 1. The van der Waals surface area contributed by atoms with Crippen LogP contribution in [0.5, 0.6) is 0 Å². The average Bonchev–Trinajstić information content (AvgIpc) is 2.79. The molecule has 2 aromatic carbocycles. The van der Waals surface area contributed by atoms with Crippen molar-refractivity contribution >= 4 is 41.0 Å². The molecule has 0 saturated carbocycles. The minimum atomic E-state index is -0.0340. The summed E-state index contributed by atoms with van der Waals surface area (Å²) in [6, 6.07) is 17.2. The van der Waals surface area contributed by atoms with E-state index >= 15 is 0 Å². The molecule has 152 valence electrons. The largest absolute Gasteiger partial charge is 0.353 e. The van der Waals surface area contributed by atoms with Crippen molar-refractivity contribution in [2.24, 2.45) is 0 Å². The lowest BCUT2D eigenvalue weighted by Crippen LogP contribution is -2.48. The van der Waals surface area contributed by atoms with Crippen LogP contribution in [0.15, 0.2) is 67.0 Å². The number of aromatic nitrogens is 2. The summed E-state index contributed by atoms with van der Waals surface area (Å²) in [4.78, 5) is 25.4. The van der Waals surface area contributed by atoms with E-state index in [2.05, 4.69) is 14.9 Å². The Kier molecular flexibility index (Phi) is 6.31. The van der Waals surface area contributed by atoms with Crippen molar-refractivity contribution < 1.29 is 4.79 Å². The Hall–Kier alpha value is -2.89. The molecule has 1 saturated heterocycles. The Balaban J connectivity index is 1.38. The Morgan fingerprint density at radius 2 is 1.70 bits per heavy atom. The Morgan fingerprint density at radius 3 is 2.43 bits per heavy atom. The van der Waals surface area contributed by atoms with Gasteiger partial charge in [0.2, 0.25) is 5.91 Å². The maximum Gasteiger partial charge on any atom is 0.246 e. The second-order valence-electron chi connectivity index (χ2n) is 6.94. The third-order valence-electron chi connectivity index (χ3n) is 5.01. The zero-order valence-electron chi connectivity index (χ0n) is 16.2. The van der Waals surface area contributed by atoms with Crippen molar-refractivity contribution in [3.8, 4) is 11.3 Å². The Bertz CT molecular complexity index is 1060. The Labute approximate surface area is 185 Å². The van der Waals surface area contributed by atoms with Gasteiger partial charge in [-0.25, -0.2) is 9.97 Å². The molecule has 3 aromatic rings. The molecule has 1 aliphatic rings. The van der Waals surface area contributed by atoms with E-state index in [1.165, 1.54) is 0 Å². The lowest BCUT2D eigenvalue weighted by molar-refractivity contribution is -0.126. The molecule has 1 amide bonds. The quantitative estimate of drug-likeness (QED) is 0.548. The summed E-state index contributed by atoms with van der Waals surface area (Å²) in [7, 11) is 0. The van der Waals surface area contributed by atoms with E-state index in [4.69, 9.17) is 23.2 Å². The van der Waals surface area contributed by atoms with E-state index < -0.39 is 0 Å². The van der Waals surface area contributed by atoms with E-state index in [0.29, 0.717) is 36.2 Å². The fourth-order valence-corrected chi connectivity index (χ4v) is 3.82. The van der Waals surface area contributed by atoms with Crippen molar-refractivity contribution in [2.45, 2.75) is 0 Å². The zero-order valence-corrected chi connectivity index (χ0v) is 17.7. The van der Waals surface area contributed by atoms with Crippen LogP contribution in [0.4, 0.5) is 5.82 Å². The van der Waals surface area contributed by atoms with Crippen LogP contribution < -0.4 is 4.90 Å². The molecule has 0 spiro atoms. The highest BCUT2D eigenvalue weighted by atomic mass is 35.5. The van der Waals surface area contributed by atoms with Gasteiger partial charge in [-0.05, 0) is 23.8 Å². The number of nitrogens with zero attached hydrogens (tertiary/aromatic N) is 4. The molecular weight excluding hydrogens is 419 g/mol. The van der Waals surface area contributed by atoms with Crippen LogP contribution in [-0.4, -0.2) is 47.0 Å². The van der Waals surface area contributed by atoms with Crippen LogP contribution in [0.3, 0.4) is 0 Å². The summed E-state index contributed by atoms with van der Waals surface area (Å²) in [6.07, 6.45) is 4.88. The van der Waals surface area contributed by atoms with Gasteiger partial charge in [0.1, 0.15) is 12.1 Å². The molecule has 0 bridgehead atoms. The van der Waals surface area contributed by atoms with Gasteiger partial charge in [0, 0.05) is 53.9 Å². The second kappa shape index (κ2) is 9.28. The lowest BCUT2D eigenvalue weighted by atomic mass is 10.1. The van der Waals surface area contributed by atoms with Gasteiger partial charge in [-0.3, -0.25) is 4.79 Å². The first-order valence-electron chi connectivity index (χ1n) is 9.64. The summed E-state index contributed by atoms with van der Waals surface area (Å²) in [6.45, 7) is 2.68. The van der Waals surface area contributed by atoms with E-state index in [1.54, 1.807) is 36.7 Å². The normalized spacial score (nSPS) is 14.3. The van der Waals surface area contributed by atoms with Gasteiger partial charge in [0.15, 0.2) is 0 Å². The highest BCUT2D eigenvalue weighted by Crippen LogP contribution is 2.23. The number of carbonyl (C=O) groups excluding carboxylic acids is 1. The highest BCUT2D eigenvalue weighted by molar-refractivity contribution is 6.35. The van der Waals surface area contributed by atoms with Crippen molar-refractivity contribution in [3.63, 3.8) is 0 Å². The van der Waals surface area contributed by atoms with Crippen LogP contribution >= 0.6 is 23.2 Å². The molecule has 1 fully saturated rings. The first-order chi connectivity index (χ1) is 14.6. The third kappa shape index (κ3) is 4.81. The van der Waals surface area contributed by atoms with Crippen molar-refractivity contribution in [1.29, 1.82) is 0 Å². The molecule has 1 aromatic heterocycles. The first kappa shape index (κ1) is 20.4. The smallest absolute Gasteiger partial charge is 0.246 e. The van der Waals surface area contributed by atoms with Crippen LogP contribution in [-0.2, 0) is 4.79 Å². The standard InChI is InChI=1S/C23H20Cl2N4O/c24-19-8-6-17(20(25)14-19)7-9-23(30)29-12-10-28(11-13-29)22-15-21(26-16-27-22)18-4-2-1-3-5-18/h1-9,14-16H,10-13H2/b9-7+. The molecule has 0 unspecified atom stereocenters. The molecule has 2 heterocycles. The molecule has 0 radical (unpaired) electrons. The summed E-state index contributed by atoms with van der Waals surface area (Å²) in [5.74, 6) is 0.841. The molecule has 4 rings (SSSR count). The zero-order chi connectivity index (χ0) is 20.9. The predicted octanol–water partition coefficient (Wildman–Crippen LogP) is 4.81. The van der Waals surface area contributed by atoms with Crippen molar-refractivity contribution in [1.82, 2.24) is 14.9 Å².